The lowest BCUT2D eigenvalue weighted by Crippen LogP contribution is -2.17. The van der Waals surface area contributed by atoms with E-state index in [0.29, 0.717) is 6.61 Å². The van der Waals surface area contributed by atoms with Crippen molar-refractivity contribution in [3.63, 3.8) is 0 Å². The maximum absolute atomic E-state index is 6.05. The Morgan fingerprint density at radius 2 is 2.00 bits per heavy atom. The van der Waals surface area contributed by atoms with Crippen molar-refractivity contribution in [1.29, 1.82) is 0 Å². The Bertz CT molecular complexity index is 795. The van der Waals surface area contributed by atoms with E-state index in [1.54, 1.807) is 18.6 Å². The average molecular weight is 321 g/mol. The molecule has 24 heavy (non-hydrogen) atoms. The molecule has 0 N–H and O–H groups in total. The molecule has 4 rings (SSSR count). The molecule has 0 radical (unpaired) electrons. The Morgan fingerprint density at radius 1 is 1.12 bits per heavy atom. The lowest BCUT2D eigenvalue weighted by atomic mass is 10.2. The third kappa shape index (κ3) is 3.03. The van der Waals surface area contributed by atoms with Crippen LogP contribution in [0.25, 0.3) is 17.1 Å². The molecule has 2 aromatic heterocycles. The molecule has 0 aliphatic carbocycles. The van der Waals surface area contributed by atoms with E-state index in [4.69, 9.17) is 9.47 Å². The molecule has 1 unspecified atom stereocenters. The molecule has 5 nitrogen and oxygen atoms in total. The number of pyridine rings is 1. The van der Waals surface area contributed by atoms with Crippen molar-refractivity contribution in [3.05, 3.63) is 61.2 Å². The number of hydrogen-bond donors (Lipinski definition) is 0. The minimum absolute atomic E-state index is 0.195. The molecule has 122 valence electrons. The zero-order valence-corrected chi connectivity index (χ0v) is 13.3. The molecule has 5 heteroatoms. The SMILES string of the molecule is c1ccc(-n2ccnc2-c2ccncc2)c(OCC2CCCO2)c1. The summed E-state index contributed by atoms with van der Waals surface area (Å²) in [5, 5.41) is 0. The molecule has 1 atom stereocenters. The average Bonchev–Trinajstić information content (AvgIpc) is 3.33. The van der Waals surface area contributed by atoms with Crippen molar-refractivity contribution in [2.45, 2.75) is 18.9 Å². The van der Waals surface area contributed by atoms with Crippen LogP contribution in [-0.2, 0) is 4.74 Å². The number of aromatic nitrogens is 3. The number of para-hydroxylation sites is 2. The van der Waals surface area contributed by atoms with E-state index in [9.17, 15) is 0 Å². The Kier molecular flexibility index (Phi) is 4.25. The van der Waals surface area contributed by atoms with Gasteiger partial charge in [-0.25, -0.2) is 4.98 Å². The summed E-state index contributed by atoms with van der Waals surface area (Å²) in [6.45, 7) is 1.42. The van der Waals surface area contributed by atoms with Crippen LogP contribution >= 0.6 is 0 Å². The first-order chi connectivity index (χ1) is 11.9. The lowest BCUT2D eigenvalue weighted by molar-refractivity contribution is 0.0679. The molecule has 0 amide bonds. The maximum Gasteiger partial charge on any atom is 0.144 e. The second-order valence-corrected chi connectivity index (χ2v) is 5.77. The highest BCUT2D eigenvalue weighted by atomic mass is 16.5. The summed E-state index contributed by atoms with van der Waals surface area (Å²) in [4.78, 5) is 8.57. The molecule has 3 aromatic rings. The summed E-state index contributed by atoms with van der Waals surface area (Å²) in [7, 11) is 0. The van der Waals surface area contributed by atoms with Gasteiger partial charge in [0, 0.05) is 37.0 Å². The van der Waals surface area contributed by atoms with E-state index in [2.05, 4.69) is 9.97 Å². The Labute approximate surface area is 140 Å². The topological polar surface area (TPSA) is 49.2 Å². The molecule has 1 fully saturated rings. The summed E-state index contributed by atoms with van der Waals surface area (Å²) in [6, 6.07) is 11.9. The van der Waals surface area contributed by atoms with Gasteiger partial charge in [0.2, 0.25) is 0 Å². The number of hydrogen-bond acceptors (Lipinski definition) is 4. The van der Waals surface area contributed by atoms with Crippen molar-refractivity contribution in [1.82, 2.24) is 14.5 Å². The fraction of sp³-hybridized carbons (Fsp3) is 0.263. The third-order valence-electron chi connectivity index (χ3n) is 4.15. The molecule has 1 aromatic carbocycles. The minimum Gasteiger partial charge on any atom is -0.489 e. The lowest BCUT2D eigenvalue weighted by Gasteiger charge is -2.16. The summed E-state index contributed by atoms with van der Waals surface area (Å²) < 4.78 is 13.7. The summed E-state index contributed by atoms with van der Waals surface area (Å²) >= 11 is 0. The smallest absolute Gasteiger partial charge is 0.144 e. The van der Waals surface area contributed by atoms with E-state index in [0.717, 1.165) is 42.3 Å². The van der Waals surface area contributed by atoms with Gasteiger partial charge in [0.1, 0.15) is 18.2 Å². The van der Waals surface area contributed by atoms with Gasteiger partial charge in [-0.2, -0.15) is 0 Å². The van der Waals surface area contributed by atoms with Crippen LogP contribution in [0.5, 0.6) is 5.75 Å². The van der Waals surface area contributed by atoms with Gasteiger partial charge < -0.3 is 9.47 Å². The molecule has 0 bridgehead atoms. The van der Waals surface area contributed by atoms with E-state index in [1.807, 2.05) is 47.2 Å². The molecule has 3 heterocycles. The quantitative estimate of drug-likeness (QED) is 0.722. The van der Waals surface area contributed by atoms with Crippen LogP contribution in [0.2, 0.25) is 0 Å². The highest BCUT2D eigenvalue weighted by molar-refractivity contribution is 5.60. The number of benzene rings is 1. The predicted molar refractivity (Wildman–Crippen MR) is 91.3 cm³/mol. The zero-order valence-electron chi connectivity index (χ0n) is 13.3. The van der Waals surface area contributed by atoms with Crippen LogP contribution in [0.15, 0.2) is 61.2 Å². The highest BCUT2D eigenvalue weighted by Gasteiger charge is 2.17. The van der Waals surface area contributed by atoms with Crippen molar-refractivity contribution in [2.24, 2.45) is 0 Å². The molecular weight excluding hydrogens is 302 g/mol. The first-order valence-corrected chi connectivity index (χ1v) is 8.19. The first-order valence-electron chi connectivity index (χ1n) is 8.19. The van der Waals surface area contributed by atoms with Gasteiger partial charge >= 0.3 is 0 Å². The fourth-order valence-corrected chi connectivity index (χ4v) is 2.95. The molecule has 1 aliphatic heterocycles. The van der Waals surface area contributed by atoms with Gasteiger partial charge in [0.05, 0.1) is 11.8 Å². The Morgan fingerprint density at radius 3 is 2.83 bits per heavy atom. The van der Waals surface area contributed by atoms with Crippen molar-refractivity contribution >= 4 is 0 Å². The summed E-state index contributed by atoms with van der Waals surface area (Å²) in [6.07, 6.45) is 9.67. The summed E-state index contributed by atoms with van der Waals surface area (Å²) in [5.74, 6) is 1.70. The van der Waals surface area contributed by atoms with Crippen LogP contribution < -0.4 is 4.74 Å². The standard InChI is InChI=1S/C19H19N3O2/c1-2-6-18(24-14-16-4-3-13-23-16)17(5-1)22-12-11-21-19(22)15-7-9-20-10-8-15/h1-2,5-12,16H,3-4,13-14H2. The van der Waals surface area contributed by atoms with Crippen LogP contribution in [0.3, 0.4) is 0 Å². The Balaban J connectivity index is 1.64. The van der Waals surface area contributed by atoms with Crippen LogP contribution in [0.1, 0.15) is 12.8 Å². The zero-order chi connectivity index (χ0) is 16.2. The maximum atomic E-state index is 6.05. The van der Waals surface area contributed by atoms with Crippen LogP contribution in [-0.4, -0.2) is 33.9 Å². The van der Waals surface area contributed by atoms with E-state index < -0.39 is 0 Å². The van der Waals surface area contributed by atoms with Gasteiger partial charge in [0.25, 0.3) is 0 Å². The van der Waals surface area contributed by atoms with Gasteiger partial charge in [-0.1, -0.05) is 12.1 Å². The van der Waals surface area contributed by atoms with Crippen LogP contribution in [0.4, 0.5) is 0 Å². The van der Waals surface area contributed by atoms with Crippen molar-refractivity contribution in [3.8, 4) is 22.8 Å². The largest absolute Gasteiger partial charge is 0.489 e. The van der Waals surface area contributed by atoms with Crippen molar-refractivity contribution < 1.29 is 9.47 Å². The second-order valence-electron chi connectivity index (χ2n) is 5.77. The van der Waals surface area contributed by atoms with Gasteiger partial charge in [-0.15, -0.1) is 0 Å². The molecule has 0 spiro atoms. The number of imidazole rings is 1. The second kappa shape index (κ2) is 6.84. The van der Waals surface area contributed by atoms with Gasteiger partial charge in [-0.05, 0) is 37.1 Å². The van der Waals surface area contributed by atoms with Crippen molar-refractivity contribution in [2.75, 3.05) is 13.2 Å². The number of ether oxygens (including phenoxy) is 2. The monoisotopic (exact) mass is 321 g/mol. The Hall–Kier alpha value is -2.66. The third-order valence-corrected chi connectivity index (χ3v) is 4.15. The molecule has 1 saturated heterocycles. The van der Waals surface area contributed by atoms with Gasteiger partial charge in [0.15, 0.2) is 0 Å². The van der Waals surface area contributed by atoms with E-state index in [1.165, 1.54) is 0 Å². The van der Waals surface area contributed by atoms with Gasteiger partial charge in [-0.3, -0.25) is 9.55 Å². The minimum atomic E-state index is 0.195. The predicted octanol–water partition coefficient (Wildman–Crippen LogP) is 3.49. The molecule has 0 saturated carbocycles. The van der Waals surface area contributed by atoms with Crippen LogP contribution in [0, 0.1) is 0 Å². The molecule has 1 aliphatic rings. The summed E-state index contributed by atoms with van der Waals surface area (Å²) in [5.41, 5.74) is 1.99. The molecular formula is C19H19N3O2. The fourth-order valence-electron chi connectivity index (χ4n) is 2.95. The number of rotatable bonds is 5. The highest BCUT2D eigenvalue weighted by Crippen LogP contribution is 2.28. The normalized spacial score (nSPS) is 17.1. The van der Waals surface area contributed by atoms with E-state index in [-0.39, 0.29) is 6.10 Å². The number of nitrogens with zero attached hydrogens (tertiary/aromatic N) is 3. The first kappa shape index (κ1) is 14.9. The van der Waals surface area contributed by atoms with E-state index >= 15 is 0 Å².